The van der Waals surface area contributed by atoms with Gasteiger partial charge in [0.05, 0.1) is 6.04 Å². The minimum Gasteiger partial charge on any atom is -0.381 e. The molecule has 3 unspecified atom stereocenters. The summed E-state index contributed by atoms with van der Waals surface area (Å²) >= 11 is 0. The molecule has 0 spiro atoms. The van der Waals surface area contributed by atoms with Gasteiger partial charge in [0.25, 0.3) is 5.91 Å². The van der Waals surface area contributed by atoms with E-state index in [9.17, 15) is 27.3 Å². The predicted molar refractivity (Wildman–Crippen MR) is 113 cm³/mol. The summed E-state index contributed by atoms with van der Waals surface area (Å²) in [6, 6.07) is 11.6. The highest BCUT2D eigenvalue weighted by atomic mass is 32.2. The lowest BCUT2D eigenvalue weighted by molar-refractivity contribution is -0.148. The fraction of sp³-hybridized carbons (Fsp3) is 0.409. The number of likely N-dealkylation sites (tertiary alicyclic amines) is 1. The molecular formula is C22H24F4N2O3S. The topological polar surface area (TPSA) is 69.6 Å². The molecule has 1 fully saturated rings. The van der Waals surface area contributed by atoms with Crippen LogP contribution >= 0.6 is 0 Å². The number of halogens is 4. The van der Waals surface area contributed by atoms with Crippen LogP contribution in [0.3, 0.4) is 0 Å². The van der Waals surface area contributed by atoms with Crippen LogP contribution in [-0.2, 0) is 22.2 Å². The van der Waals surface area contributed by atoms with Gasteiger partial charge in [-0.1, -0.05) is 48.5 Å². The first kappa shape index (κ1) is 24.3. The Morgan fingerprint density at radius 3 is 2.41 bits per heavy atom. The molecule has 0 aromatic heterocycles. The molecule has 2 aromatic rings. The first-order valence-corrected chi connectivity index (χ1v) is 11.2. The number of carbonyl (C=O) groups is 1. The van der Waals surface area contributed by atoms with Crippen molar-refractivity contribution in [1.82, 2.24) is 9.62 Å². The second-order valence-electron chi connectivity index (χ2n) is 8.20. The fourth-order valence-corrected chi connectivity index (χ4v) is 4.54. The minimum absolute atomic E-state index is 0.0419. The molecule has 2 N–H and O–H groups in total. The zero-order valence-corrected chi connectivity index (χ0v) is 18.3. The highest BCUT2D eigenvalue weighted by Crippen LogP contribution is 2.30. The monoisotopic (exact) mass is 472 g/mol. The Kier molecular flexibility index (Phi) is 7.06. The molecule has 5 nitrogen and oxygen atoms in total. The summed E-state index contributed by atoms with van der Waals surface area (Å²) in [4.78, 5) is 14.0. The number of nitrogens with one attached hydrogen (secondary N) is 1. The number of alkyl halides is 3. The van der Waals surface area contributed by atoms with Crippen LogP contribution in [0.5, 0.6) is 0 Å². The quantitative estimate of drug-likeness (QED) is 0.632. The third kappa shape index (κ3) is 5.36. The van der Waals surface area contributed by atoms with E-state index in [2.05, 4.69) is 0 Å². The van der Waals surface area contributed by atoms with E-state index in [0.717, 1.165) is 0 Å². The molecule has 0 saturated carbocycles. The van der Waals surface area contributed by atoms with E-state index in [1.807, 2.05) is 4.72 Å². The number of rotatable bonds is 6. The van der Waals surface area contributed by atoms with Crippen molar-refractivity contribution in [3.8, 4) is 11.1 Å². The summed E-state index contributed by atoms with van der Waals surface area (Å²) in [5, 5.41) is 10.1. The molecule has 0 bridgehead atoms. The van der Waals surface area contributed by atoms with Crippen molar-refractivity contribution < 1.29 is 31.7 Å². The zero-order chi connectivity index (χ0) is 23.7. The lowest BCUT2D eigenvalue weighted by Gasteiger charge is -2.32. The Bertz CT molecular complexity index is 993. The van der Waals surface area contributed by atoms with Crippen molar-refractivity contribution in [2.75, 3.05) is 6.54 Å². The average Bonchev–Trinajstić information content (AvgIpc) is 3.10. The summed E-state index contributed by atoms with van der Waals surface area (Å²) in [5.41, 5.74) is -5.57. The molecule has 1 aliphatic heterocycles. The van der Waals surface area contributed by atoms with Crippen LogP contribution in [0, 0.1) is 5.82 Å². The maximum absolute atomic E-state index is 15.3. The number of amides is 1. The average molecular weight is 473 g/mol. The second kappa shape index (κ2) is 9.29. The van der Waals surface area contributed by atoms with Crippen molar-refractivity contribution in [1.29, 1.82) is 0 Å². The predicted octanol–water partition coefficient (Wildman–Crippen LogP) is 3.55. The van der Waals surface area contributed by atoms with Gasteiger partial charge >= 0.3 is 5.51 Å². The van der Waals surface area contributed by atoms with Gasteiger partial charge in [0.1, 0.15) is 11.4 Å². The maximum atomic E-state index is 15.3. The smallest absolute Gasteiger partial charge is 0.381 e. The van der Waals surface area contributed by atoms with Crippen LogP contribution < -0.4 is 4.72 Å². The first-order valence-electron chi connectivity index (χ1n) is 10.0. The maximum Gasteiger partial charge on any atom is 0.485 e. The molecule has 3 rings (SSSR count). The molecule has 174 valence electrons. The van der Waals surface area contributed by atoms with Gasteiger partial charge in [0.15, 0.2) is 11.0 Å². The Labute approximate surface area is 186 Å². The van der Waals surface area contributed by atoms with Crippen LogP contribution in [0.4, 0.5) is 17.6 Å². The standard InChI is InChI=1S/C22H24F4N2O3S/c1-21(2,30)20(29)28-12-11-17(27-32(31)22(24,25)26)18(28)13-15-9-6-10-16(19(15)23)14-7-4-3-5-8-14/h3-10,17-18,27,30H,11-13H2,1-2H3. The Morgan fingerprint density at radius 2 is 1.81 bits per heavy atom. The molecule has 0 radical (unpaired) electrons. The number of nitrogens with zero attached hydrogens (tertiary/aromatic N) is 1. The van der Waals surface area contributed by atoms with E-state index >= 15 is 4.39 Å². The highest BCUT2D eigenvalue weighted by molar-refractivity contribution is 7.83. The summed E-state index contributed by atoms with van der Waals surface area (Å²) in [7, 11) is -3.34. The summed E-state index contributed by atoms with van der Waals surface area (Å²) < 4.78 is 67.6. The minimum atomic E-state index is -4.98. The lowest BCUT2D eigenvalue weighted by atomic mass is 9.95. The lowest BCUT2D eigenvalue weighted by Crippen LogP contribution is -2.53. The number of hydrogen-bond acceptors (Lipinski definition) is 3. The molecule has 3 atom stereocenters. The van der Waals surface area contributed by atoms with Gasteiger partial charge in [0.2, 0.25) is 0 Å². The van der Waals surface area contributed by atoms with Crippen molar-refractivity contribution in [3.05, 3.63) is 59.9 Å². The third-order valence-electron chi connectivity index (χ3n) is 5.39. The van der Waals surface area contributed by atoms with E-state index in [1.54, 1.807) is 42.5 Å². The fourth-order valence-electron chi connectivity index (χ4n) is 3.85. The van der Waals surface area contributed by atoms with Gasteiger partial charge in [-0.05, 0) is 37.8 Å². The highest BCUT2D eigenvalue weighted by Gasteiger charge is 2.45. The number of hydrogen-bond donors (Lipinski definition) is 2. The van der Waals surface area contributed by atoms with Crippen LogP contribution in [0.15, 0.2) is 48.5 Å². The van der Waals surface area contributed by atoms with Crippen LogP contribution in [0.2, 0.25) is 0 Å². The van der Waals surface area contributed by atoms with Gasteiger partial charge in [-0.15, -0.1) is 0 Å². The van der Waals surface area contributed by atoms with Crippen molar-refractivity contribution >= 4 is 16.9 Å². The normalized spacial score (nSPS) is 20.4. The SMILES string of the molecule is CC(C)(O)C(=O)N1CCC(NS(=O)C(F)(F)F)C1Cc1cccc(-c2ccccc2)c1F. The molecule has 0 aliphatic carbocycles. The van der Waals surface area contributed by atoms with Gasteiger partial charge in [-0.3, -0.25) is 4.79 Å². The molecule has 10 heteroatoms. The summed E-state index contributed by atoms with van der Waals surface area (Å²) in [5.74, 6) is -1.24. The first-order chi connectivity index (χ1) is 14.9. The summed E-state index contributed by atoms with van der Waals surface area (Å²) in [6.07, 6.45) is -0.0324. The Balaban J connectivity index is 1.94. The number of benzene rings is 2. The van der Waals surface area contributed by atoms with Crippen LogP contribution in [-0.4, -0.2) is 49.9 Å². The second-order valence-corrected chi connectivity index (χ2v) is 9.44. The van der Waals surface area contributed by atoms with E-state index in [0.29, 0.717) is 11.1 Å². The van der Waals surface area contributed by atoms with Crippen molar-refractivity contribution in [3.63, 3.8) is 0 Å². The van der Waals surface area contributed by atoms with E-state index in [1.165, 1.54) is 24.8 Å². The van der Waals surface area contributed by atoms with Gasteiger partial charge in [-0.2, -0.15) is 13.2 Å². The van der Waals surface area contributed by atoms with Crippen molar-refractivity contribution in [2.45, 2.75) is 49.9 Å². The summed E-state index contributed by atoms with van der Waals surface area (Å²) in [6.45, 7) is 2.59. The number of carbonyl (C=O) groups excluding carboxylic acids is 1. The molecular weight excluding hydrogens is 448 g/mol. The molecule has 2 aromatic carbocycles. The molecule has 32 heavy (non-hydrogen) atoms. The Hall–Kier alpha value is -2.30. The molecule has 1 aliphatic rings. The van der Waals surface area contributed by atoms with Crippen LogP contribution in [0.1, 0.15) is 25.8 Å². The zero-order valence-electron chi connectivity index (χ0n) is 17.5. The van der Waals surface area contributed by atoms with Gasteiger partial charge in [-0.25, -0.2) is 13.3 Å². The van der Waals surface area contributed by atoms with E-state index in [-0.39, 0.29) is 24.9 Å². The molecule has 1 amide bonds. The van der Waals surface area contributed by atoms with E-state index in [4.69, 9.17) is 0 Å². The molecule has 1 saturated heterocycles. The molecule has 1 heterocycles. The number of aliphatic hydroxyl groups is 1. The Morgan fingerprint density at radius 1 is 1.16 bits per heavy atom. The largest absolute Gasteiger partial charge is 0.485 e. The van der Waals surface area contributed by atoms with E-state index < -0.39 is 45.9 Å². The van der Waals surface area contributed by atoms with Crippen molar-refractivity contribution in [2.24, 2.45) is 0 Å². The van der Waals surface area contributed by atoms with Crippen LogP contribution in [0.25, 0.3) is 11.1 Å². The van der Waals surface area contributed by atoms with Gasteiger partial charge < -0.3 is 10.0 Å². The third-order valence-corrected chi connectivity index (χ3v) is 6.33. The van der Waals surface area contributed by atoms with Gasteiger partial charge in [0, 0.05) is 18.2 Å².